The molecule has 1 N–H and O–H groups in total. The predicted molar refractivity (Wildman–Crippen MR) is 78.8 cm³/mol. The maximum Gasteiger partial charge on any atom is 0.236 e. The van der Waals surface area contributed by atoms with Gasteiger partial charge in [-0.2, -0.15) is 4.68 Å². The van der Waals surface area contributed by atoms with Crippen LogP contribution in [0.4, 0.5) is 0 Å². The number of nitrogens with zero attached hydrogens (tertiary/aromatic N) is 5. The summed E-state index contributed by atoms with van der Waals surface area (Å²) in [6, 6.07) is 9.66. The molecule has 0 radical (unpaired) electrons. The average Bonchev–Trinajstić information content (AvgIpc) is 2.98. The van der Waals surface area contributed by atoms with Crippen molar-refractivity contribution in [1.82, 2.24) is 30.4 Å². The van der Waals surface area contributed by atoms with Gasteiger partial charge in [0, 0.05) is 13.1 Å². The summed E-state index contributed by atoms with van der Waals surface area (Å²) in [6.07, 6.45) is 0. The molecule has 0 aliphatic rings. The van der Waals surface area contributed by atoms with Crippen LogP contribution in [0.25, 0.3) is 5.69 Å². The monoisotopic (exact) mass is 288 g/mol. The minimum atomic E-state index is 0.0822. The second kappa shape index (κ2) is 7.49. The third-order valence-corrected chi connectivity index (χ3v) is 3.21. The van der Waals surface area contributed by atoms with Crippen molar-refractivity contribution < 1.29 is 4.79 Å². The highest BCUT2D eigenvalue weighted by molar-refractivity contribution is 5.78. The summed E-state index contributed by atoms with van der Waals surface area (Å²) >= 11 is 0. The fourth-order valence-corrected chi connectivity index (χ4v) is 2.06. The van der Waals surface area contributed by atoms with Crippen LogP contribution in [0.15, 0.2) is 30.3 Å². The van der Waals surface area contributed by atoms with Crippen molar-refractivity contribution in [2.75, 3.05) is 19.6 Å². The highest BCUT2D eigenvalue weighted by atomic mass is 16.2. The standard InChI is InChI=1S/C14H20N6O/c1-3-19(4-2)14(21)11-15-10-13-16-17-18-20(13)12-8-6-5-7-9-12/h5-9,15H,3-4,10-11H2,1-2H3. The molecule has 2 aromatic rings. The lowest BCUT2D eigenvalue weighted by Crippen LogP contribution is -2.38. The number of carbonyl (C=O) groups excluding carboxylic acids is 1. The predicted octanol–water partition coefficient (Wildman–Crippen LogP) is 0.620. The molecule has 0 bridgehead atoms. The van der Waals surface area contributed by atoms with Crippen molar-refractivity contribution in [1.29, 1.82) is 0 Å². The van der Waals surface area contributed by atoms with Crippen LogP contribution in [0.5, 0.6) is 0 Å². The summed E-state index contributed by atoms with van der Waals surface area (Å²) in [5, 5.41) is 14.7. The third-order valence-electron chi connectivity index (χ3n) is 3.21. The summed E-state index contributed by atoms with van der Waals surface area (Å²) in [4.78, 5) is 13.7. The zero-order valence-corrected chi connectivity index (χ0v) is 12.4. The number of tetrazole rings is 1. The van der Waals surface area contributed by atoms with Gasteiger partial charge in [-0.25, -0.2) is 0 Å². The van der Waals surface area contributed by atoms with Crippen LogP contribution in [0.1, 0.15) is 19.7 Å². The van der Waals surface area contributed by atoms with Crippen LogP contribution in [-0.4, -0.2) is 50.6 Å². The molecule has 112 valence electrons. The highest BCUT2D eigenvalue weighted by Crippen LogP contribution is 2.06. The number of nitrogens with one attached hydrogen (secondary N) is 1. The minimum absolute atomic E-state index is 0.0822. The van der Waals surface area contributed by atoms with E-state index in [1.807, 2.05) is 44.2 Å². The lowest BCUT2D eigenvalue weighted by Gasteiger charge is -2.18. The van der Waals surface area contributed by atoms with Gasteiger partial charge in [-0.15, -0.1) is 5.10 Å². The Morgan fingerprint density at radius 3 is 2.62 bits per heavy atom. The Bertz CT molecular complexity index is 564. The number of hydrogen-bond acceptors (Lipinski definition) is 5. The zero-order valence-electron chi connectivity index (χ0n) is 12.4. The fraction of sp³-hybridized carbons (Fsp3) is 0.429. The number of benzene rings is 1. The van der Waals surface area contributed by atoms with E-state index in [1.54, 1.807) is 9.58 Å². The average molecular weight is 288 g/mol. The number of likely N-dealkylation sites (N-methyl/N-ethyl adjacent to an activating group) is 1. The number of carbonyl (C=O) groups is 1. The van der Waals surface area contributed by atoms with E-state index in [-0.39, 0.29) is 12.5 Å². The summed E-state index contributed by atoms with van der Waals surface area (Å²) in [6.45, 7) is 6.10. The molecule has 1 heterocycles. The third kappa shape index (κ3) is 3.85. The maximum absolute atomic E-state index is 11.9. The molecule has 0 unspecified atom stereocenters. The molecule has 0 fully saturated rings. The number of amides is 1. The van der Waals surface area contributed by atoms with Gasteiger partial charge >= 0.3 is 0 Å². The van der Waals surface area contributed by atoms with Gasteiger partial charge in [0.1, 0.15) is 0 Å². The van der Waals surface area contributed by atoms with Crippen molar-refractivity contribution >= 4 is 5.91 Å². The second-order valence-corrected chi connectivity index (χ2v) is 4.51. The van der Waals surface area contributed by atoms with Crippen LogP contribution in [0.3, 0.4) is 0 Å². The topological polar surface area (TPSA) is 75.9 Å². The molecule has 1 amide bonds. The van der Waals surface area contributed by atoms with Crippen LogP contribution >= 0.6 is 0 Å². The summed E-state index contributed by atoms with van der Waals surface area (Å²) < 4.78 is 1.66. The van der Waals surface area contributed by atoms with Crippen molar-refractivity contribution in [2.24, 2.45) is 0 Å². The van der Waals surface area contributed by atoms with Crippen molar-refractivity contribution in [3.63, 3.8) is 0 Å². The van der Waals surface area contributed by atoms with Gasteiger partial charge in [0.25, 0.3) is 0 Å². The lowest BCUT2D eigenvalue weighted by molar-refractivity contribution is -0.129. The summed E-state index contributed by atoms with van der Waals surface area (Å²) in [5.74, 6) is 0.757. The Labute approximate surface area is 123 Å². The summed E-state index contributed by atoms with van der Waals surface area (Å²) in [7, 11) is 0. The molecule has 0 saturated heterocycles. The van der Waals surface area contributed by atoms with E-state index in [1.165, 1.54) is 0 Å². The highest BCUT2D eigenvalue weighted by Gasteiger charge is 2.11. The first-order valence-corrected chi connectivity index (χ1v) is 7.07. The normalized spacial score (nSPS) is 10.6. The SMILES string of the molecule is CCN(CC)C(=O)CNCc1nnnn1-c1ccccc1. The molecule has 1 aromatic heterocycles. The number of rotatable bonds is 7. The summed E-state index contributed by atoms with van der Waals surface area (Å²) in [5.41, 5.74) is 0.898. The smallest absolute Gasteiger partial charge is 0.236 e. The molecule has 2 rings (SSSR count). The Morgan fingerprint density at radius 1 is 1.24 bits per heavy atom. The van der Waals surface area contributed by atoms with Gasteiger partial charge in [-0.1, -0.05) is 18.2 Å². The molecule has 0 atom stereocenters. The molecule has 7 nitrogen and oxygen atoms in total. The molecular formula is C14H20N6O. The molecule has 0 aliphatic carbocycles. The molecule has 21 heavy (non-hydrogen) atoms. The van der Waals surface area contributed by atoms with Crippen LogP contribution < -0.4 is 5.32 Å². The van der Waals surface area contributed by atoms with Gasteiger partial charge in [0.15, 0.2) is 5.82 Å². The van der Waals surface area contributed by atoms with Crippen LogP contribution in [-0.2, 0) is 11.3 Å². The van der Waals surface area contributed by atoms with Gasteiger partial charge in [-0.05, 0) is 36.4 Å². The molecular weight excluding hydrogens is 268 g/mol. The number of para-hydroxylation sites is 1. The lowest BCUT2D eigenvalue weighted by atomic mass is 10.3. The van der Waals surface area contributed by atoms with Gasteiger partial charge in [0.2, 0.25) is 5.91 Å². The van der Waals surface area contributed by atoms with Crippen LogP contribution in [0, 0.1) is 0 Å². The van der Waals surface area contributed by atoms with E-state index >= 15 is 0 Å². The zero-order chi connectivity index (χ0) is 15.1. The van der Waals surface area contributed by atoms with E-state index in [9.17, 15) is 4.79 Å². The minimum Gasteiger partial charge on any atom is -0.342 e. The van der Waals surface area contributed by atoms with Crippen molar-refractivity contribution in [3.05, 3.63) is 36.2 Å². The Balaban J connectivity index is 1.93. The van der Waals surface area contributed by atoms with E-state index < -0.39 is 0 Å². The first kappa shape index (κ1) is 15.1. The van der Waals surface area contributed by atoms with Crippen molar-refractivity contribution in [2.45, 2.75) is 20.4 Å². The Morgan fingerprint density at radius 2 is 1.95 bits per heavy atom. The van der Waals surface area contributed by atoms with Crippen molar-refractivity contribution in [3.8, 4) is 5.69 Å². The van der Waals surface area contributed by atoms with E-state index in [0.29, 0.717) is 12.4 Å². The Hall–Kier alpha value is -2.28. The second-order valence-electron chi connectivity index (χ2n) is 4.51. The van der Waals surface area contributed by atoms with E-state index in [2.05, 4.69) is 20.8 Å². The fourth-order valence-electron chi connectivity index (χ4n) is 2.06. The van der Waals surface area contributed by atoms with Gasteiger partial charge in [-0.3, -0.25) is 4.79 Å². The van der Waals surface area contributed by atoms with Gasteiger partial charge in [0.05, 0.1) is 18.8 Å². The van der Waals surface area contributed by atoms with Gasteiger partial charge < -0.3 is 10.2 Å². The quantitative estimate of drug-likeness (QED) is 0.808. The molecule has 0 spiro atoms. The number of aromatic nitrogens is 4. The Kier molecular flexibility index (Phi) is 5.39. The maximum atomic E-state index is 11.9. The van der Waals surface area contributed by atoms with E-state index in [4.69, 9.17) is 0 Å². The number of hydrogen-bond donors (Lipinski definition) is 1. The first-order chi connectivity index (χ1) is 10.3. The molecule has 0 aliphatic heterocycles. The first-order valence-electron chi connectivity index (χ1n) is 7.07. The molecule has 0 saturated carbocycles. The molecule has 1 aromatic carbocycles. The molecule has 7 heteroatoms. The van der Waals surface area contributed by atoms with Crippen LogP contribution in [0.2, 0.25) is 0 Å². The van der Waals surface area contributed by atoms with E-state index in [0.717, 1.165) is 18.8 Å². The largest absolute Gasteiger partial charge is 0.342 e.